The minimum Gasteiger partial charge on any atom is -0.333 e. The zero-order valence-electron chi connectivity index (χ0n) is 13.6. The molecule has 5 nitrogen and oxygen atoms in total. The van der Waals surface area contributed by atoms with Crippen molar-refractivity contribution in [3.63, 3.8) is 0 Å². The Morgan fingerprint density at radius 2 is 2.08 bits per heavy atom. The number of hydrogen-bond donors (Lipinski definition) is 2. The van der Waals surface area contributed by atoms with Crippen LogP contribution in [0, 0.1) is 12.7 Å². The van der Waals surface area contributed by atoms with Gasteiger partial charge in [-0.2, -0.15) is 0 Å². The Labute approximate surface area is 153 Å². The van der Waals surface area contributed by atoms with Gasteiger partial charge in [-0.3, -0.25) is 4.79 Å². The van der Waals surface area contributed by atoms with E-state index in [-0.39, 0.29) is 24.4 Å². The number of anilines is 2. The molecule has 1 aliphatic rings. The highest BCUT2D eigenvalue weighted by molar-refractivity contribution is 9.10. The molecule has 2 N–H and O–H groups in total. The molecule has 2 aromatic carbocycles. The van der Waals surface area contributed by atoms with Crippen LogP contribution in [0.4, 0.5) is 20.6 Å². The van der Waals surface area contributed by atoms with E-state index in [0.717, 1.165) is 10.0 Å². The van der Waals surface area contributed by atoms with E-state index in [2.05, 4.69) is 26.6 Å². The van der Waals surface area contributed by atoms with E-state index in [1.807, 2.05) is 19.1 Å². The van der Waals surface area contributed by atoms with E-state index in [9.17, 15) is 14.0 Å². The lowest BCUT2D eigenvalue weighted by molar-refractivity contribution is -0.117. The fourth-order valence-corrected chi connectivity index (χ4v) is 3.02. The number of urea groups is 1. The van der Waals surface area contributed by atoms with Gasteiger partial charge in [0, 0.05) is 28.8 Å². The van der Waals surface area contributed by atoms with Crippen molar-refractivity contribution < 1.29 is 14.0 Å². The fourth-order valence-electron chi connectivity index (χ4n) is 2.77. The largest absolute Gasteiger partial charge is 0.333 e. The van der Waals surface area contributed by atoms with Crippen molar-refractivity contribution in [1.29, 1.82) is 0 Å². The maximum absolute atomic E-state index is 13.3. The number of benzene rings is 2. The SMILES string of the molecule is Cc1cc(NC(=O)N[C@H]2CC(=O)N(c3cccc(F)c3)C2)ccc1Br. The van der Waals surface area contributed by atoms with E-state index in [0.29, 0.717) is 17.9 Å². The lowest BCUT2D eigenvalue weighted by Gasteiger charge is -2.17. The predicted octanol–water partition coefficient (Wildman–Crippen LogP) is 3.82. The molecule has 2 aromatic rings. The number of rotatable bonds is 3. The van der Waals surface area contributed by atoms with Crippen molar-refractivity contribution in [2.45, 2.75) is 19.4 Å². The summed E-state index contributed by atoms with van der Waals surface area (Å²) in [7, 11) is 0. The summed E-state index contributed by atoms with van der Waals surface area (Å²) in [4.78, 5) is 25.8. The Hall–Kier alpha value is -2.41. The van der Waals surface area contributed by atoms with Gasteiger partial charge < -0.3 is 15.5 Å². The second-order valence-corrected chi connectivity index (χ2v) is 6.80. The van der Waals surface area contributed by atoms with Gasteiger partial charge in [-0.15, -0.1) is 0 Å². The molecule has 0 aliphatic carbocycles. The quantitative estimate of drug-likeness (QED) is 0.814. The van der Waals surface area contributed by atoms with Crippen molar-refractivity contribution in [2.24, 2.45) is 0 Å². The van der Waals surface area contributed by atoms with Crippen LogP contribution >= 0.6 is 15.9 Å². The van der Waals surface area contributed by atoms with Crippen LogP contribution in [-0.2, 0) is 4.79 Å². The van der Waals surface area contributed by atoms with Gasteiger partial charge in [-0.25, -0.2) is 9.18 Å². The maximum atomic E-state index is 13.3. The minimum absolute atomic E-state index is 0.143. The number of halogens is 2. The number of nitrogens with one attached hydrogen (secondary N) is 2. The Bertz CT molecular complexity index is 828. The van der Waals surface area contributed by atoms with Crippen LogP contribution in [0.25, 0.3) is 0 Å². The number of aryl methyl sites for hydroxylation is 1. The van der Waals surface area contributed by atoms with Gasteiger partial charge in [-0.1, -0.05) is 22.0 Å². The van der Waals surface area contributed by atoms with Crippen molar-refractivity contribution >= 4 is 39.2 Å². The van der Waals surface area contributed by atoms with Crippen LogP contribution in [0.2, 0.25) is 0 Å². The second-order valence-electron chi connectivity index (χ2n) is 5.95. The van der Waals surface area contributed by atoms with Crippen LogP contribution in [-0.4, -0.2) is 24.5 Å². The number of carbonyl (C=O) groups excluding carboxylic acids is 2. The highest BCUT2D eigenvalue weighted by Gasteiger charge is 2.31. The molecule has 25 heavy (non-hydrogen) atoms. The molecule has 7 heteroatoms. The number of amides is 3. The maximum Gasteiger partial charge on any atom is 0.319 e. The van der Waals surface area contributed by atoms with E-state index in [1.165, 1.54) is 17.0 Å². The van der Waals surface area contributed by atoms with Gasteiger partial charge in [0.05, 0.1) is 6.04 Å². The third-order valence-corrected chi connectivity index (χ3v) is 4.89. The summed E-state index contributed by atoms with van der Waals surface area (Å²) in [5, 5.41) is 5.54. The number of hydrogen-bond acceptors (Lipinski definition) is 2. The van der Waals surface area contributed by atoms with Crippen molar-refractivity contribution in [2.75, 3.05) is 16.8 Å². The Balaban J connectivity index is 1.61. The second kappa shape index (κ2) is 7.23. The fraction of sp³-hybridized carbons (Fsp3) is 0.222. The third-order valence-electron chi connectivity index (χ3n) is 4.00. The average molecular weight is 406 g/mol. The predicted molar refractivity (Wildman–Crippen MR) is 98.2 cm³/mol. The van der Waals surface area contributed by atoms with E-state index >= 15 is 0 Å². The summed E-state index contributed by atoms with van der Waals surface area (Å²) in [5.41, 5.74) is 2.17. The van der Waals surface area contributed by atoms with Gasteiger partial charge in [0.2, 0.25) is 5.91 Å². The lowest BCUT2D eigenvalue weighted by Crippen LogP contribution is -2.39. The first-order chi connectivity index (χ1) is 11.9. The molecule has 1 fully saturated rings. The number of carbonyl (C=O) groups is 2. The zero-order valence-corrected chi connectivity index (χ0v) is 15.1. The lowest BCUT2D eigenvalue weighted by atomic mass is 10.2. The van der Waals surface area contributed by atoms with Gasteiger partial charge in [0.15, 0.2) is 0 Å². The molecule has 3 amide bonds. The van der Waals surface area contributed by atoms with Crippen LogP contribution in [0.1, 0.15) is 12.0 Å². The molecule has 0 spiro atoms. The molecule has 0 bridgehead atoms. The van der Waals surface area contributed by atoms with Gasteiger partial charge in [-0.05, 0) is 48.9 Å². The molecule has 1 aliphatic heterocycles. The topological polar surface area (TPSA) is 61.4 Å². The van der Waals surface area contributed by atoms with E-state index < -0.39 is 5.82 Å². The summed E-state index contributed by atoms with van der Waals surface area (Å²) in [6, 6.07) is 10.7. The number of nitrogens with zero attached hydrogens (tertiary/aromatic N) is 1. The van der Waals surface area contributed by atoms with E-state index in [1.54, 1.807) is 18.2 Å². The normalized spacial score (nSPS) is 16.8. The first kappa shape index (κ1) is 17.4. The molecule has 1 saturated heterocycles. The molecule has 0 saturated carbocycles. The summed E-state index contributed by atoms with van der Waals surface area (Å²) < 4.78 is 14.3. The van der Waals surface area contributed by atoms with Gasteiger partial charge in [0.25, 0.3) is 0 Å². The van der Waals surface area contributed by atoms with E-state index in [4.69, 9.17) is 0 Å². The summed E-state index contributed by atoms with van der Waals surface area (Å²) in [5.74, 6) is -0.541. The molecule has 1 heterocycles. The molecule has 3 rings (SSSR count). The Morgan fingerprint density at radius 3 is 2.80 bits per heavy atom. The first-order valence-electron chi connectivity index (χ1n) is 7.82. The summed E-state index contributed by atoms with van der Waals surface area (Å²) in [6.45, 7) is 2.24. The Kier molecular flexibility index (Phi) is 5.03. The molecule has 0 radical (unpaired) electrons. The smallest absolute Gasteiger partial charge is 0.319 e. The standard InChI is InChI=1S/C18H17BrFN3O2/c1-11-7-13(5-6-16(11)19)21-18(25)22-14-9-17(24)23(10-14)15-4-2-3-12(20)8-15/h2-8,14H,9-10H2,1H3,(H2,21,22,25)/t14-/m0/s1. The third kappa shape index (κ3) is 4.17. The van der Waals surface area contributed by atoms with Crippen molar-refractivity contribution in [3.8, 4) is 0 Å². The van der Waals surface area contributed by atoms with Gasteiger partial charge >= 0.3 is 6.03 Å². The average Bonchev–Trinajstić information content (AvgIpc) is 2.91. The molecule has 130 valence electrons. The highest BCUT2D eigenvalue weighted by Crippen LogP contribution is 2.23. The van der Waals surface area contributed by atoms with Crippen LogP contribution in [0.5, 0.6) is 0 Å². The minimum atomic E-state index is -0.398. The summed E-state index contributed by atoms with van der Waals surface area (Å²) >= 11 is 3.41. The molecular formula is C18H17BrFN3O2. The monoisotopic (exact) mass is 405 g/mol. The van der Waals surface area contributed by atoms with Crippen LogP contribution < -0.4 is 15.5 Å². The molecule has 0 unspecified atom stereocenters. The van der Waals surface area contributed by atoms with Crippen LogP contribution in [0.15, 0.2) is 46.9 Å². The molecule has 1 atom stereocenters. The van der Waals surface area contributed by atoms with Crippen LogP contribution in [0.3, 0.4) is 0 Å². The first-order valence-corrected chi connectivity index (χ1v) is 8.61. The van der Waals surface area contributed by atoms with Gasteiger partial charge in [0.1, 0.15) is 5.82 Å². The summed E-state index contributed by atoms with van der Waals surface area (Å²) in [6.07, 6.45) is 0.184. The highest BCUT2D eigenvalue weighted by atomic mass is 79.9. The zero-order chi connectivity index (χ0) is 18.0. The van der Waals surface area contributed by atoms with Crippen molar-refractivity contribution in [1.82, 2.24) is 5.32 Å². The Morgan fingerprint density at radius 1 is 1.28 bits per heavy atom. The van der Waals surface area contributed by atoms with Crippen molar-refractivity contribution in [3.05, 3.63) is 58.3 Å². The molecular weight excluding hydrogens is 389 g/mol. The molecule has 0 aromatic heterocycles.